The van der Waals surface area contributed by atoms with Gasteiger partial charge in [-0.2, -0.15) is 0 Å². The molecule has 2 rings (SSSR count). The van der Waals surface area contributed by atoms with E-state index in [2.05, 4.69) is 0 Å². The summed E-state index contributed by atoms with van der Waals surface area (Å²) in [7, 11) is 0. The highest BCUT2D eigenvalue weighted by molar-refractivity contribution is 5.87. The molecule has 0 bridgehead atoms. The molecule has 0 unspecified atom stereocenters. The van der Waals surface area contributed by atoms with E-state index in [9.17, 15) is 30.0 Å². The van der Waals surface area contributed by atoms with Crippen LogP contribution in [-0.2, 0) is 19.1 Å². The monoisotopic (exact) mass is 466 g/mol. The molecule has 4 N–H and O–H groups in total. The summed E-state index contributed by atoms with van der Waals surface area (Å²) in [6.07, 6.45) is 0.0267. The van der Waals surface area contributed by atoms with Crippen LogP contribution in [0.2, 0.25) is 0 Å². The van der Waals surface area contributed by atoms with Gasteiger partial charge in [0.15, 0.2) is 17.1 Å². The van der Waals surface area contributed by atoms with Crippen molar-refractivity contribution >= 4 is 18.0 Å². The van der Waals surface area contributed by atoms with Crippen LogP contribution in [0.5, 0.6) is 11.5 Å². The third kappa shape index (κ3) is 7.18. The number of aliphatic carboxylic acids is 1. The number of hydrogen-bond acceptors (Lipinski definition) is 8. The summed E-state index contributed by atoms with van der Waals surface area (Å²) >= 11 is 0. The number of carboxylic acid groups (broad SMARTS) is 1. The van der Waals surface area contributed by atoms with Crippen LogP contribution >= 0.6 is 0 Å². The van der Waals surface area contributed by atoms with E-state index in [1.54, 1.807) is 12.1 Å². The van der Waals surface area contributed by atoms with Crippen LogP contribution < -0.4 is 4.74 Å². The predicted molar refractivity (Wildman–Crippen MR) is 120 cm³/mol. The Morgan fingerprint density at radius 2 is 1.85 bits per heavy atom. The van der Waals surface area contributed by atoms with Crippen LogP contribution in [0.3, 0.4) is 0 Å². The van der Waals surface area contributed by atoms with Crippen LogP contribution in [0.1, 0.15) is 58.4 Å². The summed E-state index contributed by atoms with van der Waals surface area (Å²) in [5.41, 5.74) is -1.68. The molecule has 0 amide bonds. The number of ether oxygens (including phenoxy) is 3. The van der Waals surface area contributed by atoms with Crippen LogP contribution in [-0.4, -0.2) is 69.0 Å². The fraction of sp³-hybridized carbons (Fsp3) is 0.583. The van der Waals surface area contributed by atoms with Gasteiger partial charge in [-0.3, -0.25) is 0 Å². The van der Waals surface area contributed by atoms with Crippen molar-refractivity contribution < 1.29 is 44.2 Å². The molecule has 4 atom stereocenters. The molecule has 1 aromatic carbocycles. The Balaban J connectivity index is 2.10. The fourth-order valence-corrected chi connectivity index (χ4v) is 3.70. The Morgan fingerprint density at radius 1 is 1.18 bits per heavy atom. The van der Waals surface area contributed by atoms with Gasteiger partial charge < -0.3 is 34.6 Å². The fourth-order valence-electron chi connectivity index (χ4n) is 3.70. The van der Waals surface area contributed by atoms with Crippen LogP contribution in [0.15, 0.2) is 24.3 Å². The number of aromatic hydroxyl groups is 1. The zero-order valence-electron chi connectivity index (χ0n) is 19.3. The van der Waals surface area contributed by atoms with Crippen molar-refractivity contribution in [3.8, 4) is 11.5 Å². The number of aliphatic hydroxyl groups is 2. The molecule has 1 aromatic rings. The minimum atomic E-state index is -2.19. The largest absolute Gasteiger partial charge is 0.504 e. The van der Waals surface area contributed by atoms with E-state index in [-0.39, 0.29) is 18.3 Å². The van der Waals surface area contributed by atoms with Gasteiger partial charge >= 0.3 is 11.9 Å². The number of phenolic OH excluding ortho intramolecular Hbond substituents is 1. The quantitative estimate of drug-likeness (QED) is 0.286. The molecule has 1 fully saturated rings. The topological polar surface area (TPSA) is 143 Å². The molecule has 0 aromatic heterocycles. The summed E-state index contributed by atoms with van der Waals surface area (Å²) in [5, 5.41) is 40.7. The van der Waals surface area contributed by atoms with E-state index in [1.807, 2.05) is 20.8 Å². The molecule has 1 aliphatic carbocycles. The summed E-state index contributed by atoms with van der Waals surface area (Å²) in [6, 6.07) is 4.65. The van der Waals surface area contributed by atoms with E-state index in [1.165, 1.54) is 12.1 Å². The molecule has 33 heavy (non-hydrogen) atoms. The van der Waals surface area contributed by atoms with Crippen molar-refractivity contribution in [1.29, 1.82) is 0 Å². The van der Waals surface area contributed by atoms with Gasteiger partial charge in [-0.05, 0) is 43.0 Å². The number of benzene rings is 1. The average Bonchev–Trinajstić information content (AvgIpc) is 2.78. The maximum absolute atomic E-state index is 12.4. The van der Waals surface area contributed by atoms with Gasteiger partial charge in [-0.15, -0.1) is 0 Å². The van der Waals surface area contributed by atoms with Gasteiger partial charge in [0.05, 0.1) is 18.8 Å². The molecule has 0 saturated heterocycles. The zero-order valence-corrected chi connectivity index (χ0v) is 19.3. The minimum Gasteiger partial charge on any atom is -0.504 e. The van der Waals surface area contributed by atoms with Crippen molar-refractivity contribution in [1.82, 2.24) is 0 Å². The number of carboxylic acids is 1. The Labute approximate surface area is 193 Å². The third-order valence-corrected chi connectivity index (χ3v) is 5.64. The predicted octanol–water partition coefficient (Wildman–Crippen LogP) is 2.65. The van der Waals surface area contributed by atoms with Crippen LogP contribution in [0, 0.1) is 0 Å². The highest BCUT2D eigenvalue weighted by atomic mass is 16.6. The first-order valence-electron chi connectivity index (χ1n) is 11.3. The first-order valence-corrected chi connectivity index (χ1v) is 11.3. The van der Waals surface area contributed by atoms with Crippen LogP contribution in [0.25, 0.3) is 6.08 Å². The molecular weight excluding hydrogens is 432 g/mol. The van der Waals surface area contributed by atoms with E-state index in [0.29, 0.717) is 30.8 Å². The van der Waals surface area contributed by atoms with Gasteiger partial charge in [0.1, 0.15) is 12.2 Å². The van der Waals surface area contributed by atoms with Crippen molar-refractivity contribution in [2.24, 2.45) is 0 Å². The van der Waals surface area contributed by atoms with Crippen molar-refractivity contribution in [2.75, 3.05) is 6.61 Å². The summed E-state index contributed by atoms with van der Waals surface area (Å²) in [4.78, 5) is 24.0. The van der Waals surface area contributed by atoms with Crippen molar-refractivity contribution in [3.63, 3.8) is 0 Å². The number of carbonyl (C=O) groups is 2. The lowest BCUT2D eigenvalue weighted by molar-refractivity contribution is -0.209. The smallest absolute Gasteiger partial charge is 0.335 e. The Morgan fingerprint density at radius 3 is 2.42 bits per heavy atom. The maximum Gasteiger partial charge on any atom is 0.335 e. The summed E-state index contributed by atoms with van der Waals surface area (Å²) < 4.78 is 16.5. The molecule has 0 spiro atoms. The van der Waals surface area contributed by atoms with Gasteiger partial charge in [0.25, 0.3) is 0 Å². The molecule has 9 heteroatoms. The lowest BCUT2D eigenvalue weighted by atomic mass is 9.79. The number of aliphatic hydroxyl groups excluding tert-OH is 1. The molecule has 0 heterocycles. The van der Waals surface area contributed by atoms with E-state index in [4.69, 9.17) is 14.2 Å². The molecular formula is C24H34O9. The van der Waals surface area contributed by atoms with Crippen molar-refractivity contribution in [3.05, 3.63) is 29.8 Å². The van der Waals surface area contributed by atoms with Gasteiger partial charge in [0, 0.05) is 18.9 Å². The number of hydrogen-bond donors (Lipinski definition) is 4. The Kier molecular flexibility index (Phi) is 9.70. The van der Waals surface area contributed by atoms with Gasteiger partial charge in [-0.1, -0.05) is 26.8 Å². The summed E-state index contributed by atoms with van der Waals surface area (Å²) in [5.74, 6) is -2.04. The Hall–Kier alpha value is -2.62. The molecule has 0 radical (unpaired) electrons. The SMILES string of the molecule is CCCOc1ccc(/C=C/C(=O)O[C@@H]2C[C@](O)(C(=O)O)C[C@@H](OC(CC)CC)[C@H]2O)cc1O. The van der Waals surface area contributed by atoms with Gasteiger partial charge in [-0.25, -0.2) is 9.59 Å². The lowest BCUT2D eigenvalue weighted by Crippen LogP contribution is -2.58. The highest BCUT2D eigenvalue weighted by Gasteiger charge is 2.51. The second-order valence-corrected chi connectivity index (χ2v) is 8.23. The first-order chi connectivity index (χ1) is 15.6. The average molecular weight is 467 g/mol. The molecule has 9 nitrogen and oxygen atoms in total. The van der Waals surface area contributed by atoms with Crippen molar-refractivity contribution in [2.45, 2.75) is 82.9 Å². The standard InChI is InChI=1S/C24H34O9/c1-4-11-31-18-9-7-15(12-17(18)25)8-10-21(26)33-20-14-24(30,23(28)29)13-19(22(20)27)32-16(5-2)6-3/h7-10,12,16,19-20,22,25,27,30H,4-6,11,13-14H2,1-3H3,(H,28,29)/b10-8+/t19-,20-,22-,24+/m1/s1. The Bertz CT molecular complexity index is 833. The number of phenols is 1. The number of rotatable bonds is 11. The number of esters is 1. The molecule has 184 valence electrons. The molecule has 1 aliphatic rings. The summed E-state index contributed by atoms with van der Waals surface area (Å²) in [6.45, 7) is 6.20. The first kappa shape index (κ1) is 26.6. The second kappa shape index (κ2) is 12.0. The minimum absolute atomic E-state index is 0.0745. The van der Waals surface area contributed by atoms with E-state index >= 15 is 0 Å². The van der Waals surface area contributed by atoms with E-state index in [0.717, 1.165) is 12.5 Å². The van der Waals surface area contributed by atoms with Gasteiger partial charge in [0.2, 0.25) is 0 Å². The lowest BCUT2D eigenvalue weighted by Gasteiger charge is -2.42. The zero-order chi connectivity index (χ0) is 24.6. The third-order valence-electron chi connectivity index (χ3n) is 5.64. The second-order valence-electron chi connectivity index (χ2n) is 8.23. The normalized spacial score (nSPS) is 25.3. The number of carbonyl (C=O) groups excluding carboxylic acids is 1. The van der Waals surface area contributed by atoms with E-state index < -0.39 is 42.3 Å². The highest BCUT2D eigenvalue weighted by Crippen LogP contribution is 2.34. The maximum atomic E-state index is 12.4. The van der Waals surface area contributed by atoms with Crippen LogP contribution in [0.4, 0.5) is 0 Å². The molecule has 1 saturated carbocycles. The molecule has 0 aliphatic heterocycles.